The molecule has 0 bridgehead atoms. The van der Waals surface area contributed by atoms with Crippen LogP contribution in [0, 0.1) is 0 Å². The van der Waals surface area contributed by atoms with Gasteiger partial charge in [0.25, 0.3) is 0 Å². The largest absolute Gasteiger partial charge is 0.416 e. The molecule has 1 aromatic carbocycles. The number of benzene rings is 1. The van der Waals surface area contributed by atoms with Gasteiger partial charge in [-0.2, -0.15) is 25.8 Å². The summed E-state index contributed by atoms with van der Waals surface area (Å²) in [5.41, 5.74) is -0.458. The molecule has 0 aliphatic heterocycles. The number of alkyl halides is 3. The van der Waals surface area contributed by atoms with Crippen LogP contribution in [0.4, 0.5) is 13.2 Å². The van der Waals surface area contributed by atoms with Gasteiger partial charge in [-0.05, 0) is 17.7 Å². The summed E-state index contributed by atoms with van der Waals surface area (Å²) in [6.07, 6.45) is -4.43. The molecule has 1 atom stereocenters. The fraction of sp³-hybridized carbons (Fsp3) is 0.385. The van der Waals surface area contributed by atoms with Crippen molar-refractivity contribution < 1.29 is 22.8 Å². The molecule has 1 rings (SSSR count). The van der Waals surface area contributed by atoms with Crippen molar-refractivity contribution in [2.45, 2.75) is 25.7 Å². The molecule has 0 saturated carbocycles. The lowest BCUT2D eigenvalue weighted by atomic mass is 10.1. The minimum Gasteiger partial charge on any atom is -0.350 e. The van der Waals surface area contributed by atoms with Gasteiger partial charge in [0.1, 0.15) is 6.04 Å². The standard InChI is InChI=1S/C13H15F3N2O2S/c1-8(19)18-11(7-21)12(20)17-6-9-3-2-4-10(5-9)13(14,15)16/h2-5,11,21H,6-7H2,1H3,(H,17,20)(H,18,19). The highest BCUT2D eigenvalue weighted by Crippen LogP contribution is 2.29. The van der Waals surface area contributed by atoms with E-state index >= 15 is 0 Å². The number of thiol groups is 1. The number of rotatable bonds is 5. The Morgan fingerprint density at radius 3 is 2.52 bits per heavy atom. The predicted octanol–water partition coefficient (Wildman–Crippen LogP) is 1.76. The molecule has 0 fully saturated rings. The molecule has 0 spiro atoms. The molecular weight excluding hydrogens is 305 g/mol. The van der Waals surface area contributed by atoms with Crippen molar-refractivity contribution in [1.82, 2.24) is 10.6 Å². The summed E-state index contributed by atoms with van der Waals surface area (Å²) >= 11 is 3.94. The number of carbonyl (C=O) groups excluding carboxylic acids is 2. The Kier molecular flexibility index (Phi) is 6.07. The minimum absolute atomic E-state index is 0.0629. The zero-order chi connectivity index (χ0) is 16.0. The van der Waals surface area contributed by atoms with Crippen molar-refractivity contribution in [2.75, 3.05) is 5.75 Å². The Morgan fingerprint density at radius 2 is 2.00 bits per heavy atom. The lowest BCUT2D eigenvalue weighted by Crippen LogP contribution is -2.47. The van der Waals surface area contributed by atoms with E-state index in [0.29, 0.717) is 5.56 Å². The number of amides is 2. The van der Waals surface area contributed by atoms with Crippen molar-refractivity contribution in [3.8, 4) is 0 Å². The molecule has 4 nitrogen and oxygen atoms in total. The normalized spacial score (nSPS) is 12.6. The minimum atomic E-state index is -4.43. The van der Waals surface area contributed by atoms with E-state index in [0.717, 1.165) is 12.1 Å². The van der Waals surface area contributed by atoms with Gasteiger partial charge < -0.3 is 10.6 Å². The summed E-state index contributed by atoms with van der Waals surface area (Å²) < 4.78 is 37.6. The summed E-state index contributed by atoms with van der Waals surface area (Å²) in [7, 11) is 0. The van der Waals surface area contributed by atoms with Gasteiger partial charge in [-0.25, -0.2) is 0 Å². The van der Waals surface area contributed by atoms with E-state index in [1.807, 2.05) is 0 Å². The van der Waals surface area contributed by atoms with Crippen LogP contribution in [0.1, 0.15) is 18.1 Å². The van der Waals surface area contributed by atoms with Crippen LogP contribution in [0.15, 0.2) is 24.3 Å². The second-order valence-electron chi connectivity index (χ2n) is 4.35. The third kappa shape index (κ3) is 5.66. The Bertz CT molecular complexity index is 520. The van der Waals surface area contributed by atoms with Crippen molar-refractivity contribution in [2.24, 2.45) is 0 Å². The van der Waals surface area contributed by atoms with Crippen LogP contribution in [0.3, 0.4) is 0 Å². The van der Waals surface area contributed by atoms with Crippen LogP contribution in [0.25, 0.3) is 0 Å². The van der Waals surface area contributed by atoms with E-state index in [-0.39, 0.29) is 18.2 Å². The number of carbonyl (C=O) groups is 2. The van der Waals surface area contributed by atoms with Gasteiger partial charge >= 0.3 is 6.18 Å². The van der Waals surface area contributed by atoms with Gasteiger partial charge in [0.15, 0.2) is 0 Å². The van der Waals surface area contributed by atoms with Crippen LogP contribution in [0.5, 0.6) is 0 Å². The third-order valence-corrected chi connectivity index (χ3v) is 2.96. The molecular formula is C13H15F3N2O2S. The van der Waals surface area contributed by atoms with Gasteiger partial charge in [-0.3, -0.25) is 9.59 Å². The molecule has 0 aliphatic carbocycles. The molecule has 0 aliphatic rings. The average molecular weight is 320 g/mol. The molecule has 0 radical (unpaired) electrons. The molecule has 116 valence electrons. The van der Waals surface area contributed by atoms with Crippen molar-refractivity contribution in [3.05, 3.63) is 35.4 Å². The molecule has 0 aromatic heterocycles. The maximum absolute atomic E-state index is 12.5. The first kappa shape index (κ1) is 17.4. The Balaban J connectivity index is 2.66. The van der Waals surface area contributed by atoms with Gasteiger partial charge in [0, 0.05) is 19.2 Å². The molecule has 21 heavy (non-hydrogen) atoms. The van der Waals surface area contributed by atoms with Gasteiger partial charge in [-0.1, -0.05) is 12.1 Å². The van der Waals surface area contributed by atoms with E-state index in [9.17, 15) is 22.8 Å². The number of hydrogen-bond donors (Lipinski definition) is 3. The van der Waals surface area contributed by atoms with Crippen LogP contribution in [0.2, 0.25) is 0 Å². The highest BCUT2D eigenvalue weighted by Gasteiger charge is 2.30. The van der Waals surface area contributed by atoms with E-state index in [1.54, 1.807) is 0 Å². The first-order valence-corrected chi connectivity index (χ1v) is 6.69. The monoisotopic (exact) mass is 320 g/mol. The zero-order valence-electron chi connectivity index (χ0n) is 11.2. The molecule has 1 unspecified atom stereocenters. The SMILES string of the molecule is CC(=O)NC(CS)C(=O)NCc1cccc(C(F)(F)F)c1. The first-order valence-electron chi connectivity index (χ1n) is 6.06. The Morgan fingerprint density at radius 1 is 1.33 bits per heavy atom. The van der Waals surface area contributed by atoms with Gasteiger partial charge in [0.05, 0.1) is 5.56 Å². The smallest absolute Gasteiger partial charge is 0.350 e. The average Bonchev–Trinajstić information content (AvgIpc) is 2.41. The highest BCUT2D eigenvalue weighted by molar-refractivity contribution is 7.80. The fourth-order valence-electron chi connectivity index (χ4n) is 1.61. The van der Waals surface area contributed by atoms with Gasteiger partial charge in [0.2, 0.25) is 11.8 Å². The number of nitrogens with one attached hydrogen (secondary N) is 2. The van der Waals surface area contributed by atoms with E-state index in [4.69, 9.17) is 0 Å². The third-order valence-electron chi connectivity index (χ3n) is 2.60. The molecule has 0 heterocycles. The summed E-state index contributed by atoms with van der Waals surface area (Å²) in [6, 6.07) is 3.85. The lowest BCUT2D eigenvalue weighted by molar-refractivity contribution is -0.137. The summed E-state index contributed by atoms with van der Waals surface area (Å²) in [4.78, 5) is 22.7. The van der Waals surface area contributed by atoms with Crippen molar-refractivity contribution in [1.29, 1.82) is 0 Å². The molecule has 1 aromatic rings. The summed E-state index contributed by atoms with van der Waals surface area (Å²) in [5.74, 6) is -0.797. The molecule has 0 saturated heterocycles. The van der Waals surface area contributed by atoms with E-state index in [1.165, 1.54) is 19.1 Å². The second-order valence-corrected chi connectivity index (χ2v) is 4.72. The Hall–Kier alpha value is -1.70. The van der Waals surface area contributed by atoms with E-state index < -0.39 is 23.7 Å². The van der Waals surface area contributed by atoms with Crippen LogP contribution < -0.4 is 10.6 Å². The molecule has 2 N–H and O–H groups in total. The quantitative estimate of drug-likeness (QED) is 0.724. The number of halogens is 3. The van der Waals surface area contributed by atoms with E-state index in [2.05, 4.69) is 23.3 Å². The van der Waals surface area contributed by atoms with Crippen LogP contribution >= 0.6 is 12.6 Å². The highest BCUT2D eigenvalue weighted by atomic mass is 32.1. The maximum atomic E-state index is 12.5. The maximum Gasteiger partial charge on any atom is 0.416 e. The topological polar surface area (TPSA) is 58.2 Å². The van der Waals surface area contributed by atoms with Crippen molar-refractivity contribution in [3.63, 3.8) is 0 Å². The number of hydrogen-bond acceptors (Lipinski definition) is 3. The fourth-order valence-corrected chi connectivity index (χ4v) is 1.87. The van der Waals surface area contributed by atoms with Crippen LogP contribution in [-0.4, -0.2) is 23.6 Å². The molecule has 8 heteroatoms. The second kappa shape index (κ2) is 7.35. The first-order chi connectivity index (χ1) is 9.74. The zero-order valence-corrected chi connectivity index (χ0v) is 12.1. The summed E-state index contributed by atoms with van der Waals surface area (Å²) in [5, 5.41) is 4.86. The lowest BCUT2D eigenvalue weighted by Gasteiger charge is -2.15. The Labute approximate surface area is 125 Å². The predicted molar refractivity (Wildman–Crippen MR) is 74.7 cm³/mol. The van der Waals surface area contributed by atoms with Crippen molar-refractivity contribution >= 4 is 24.4 Å². The molecule has 2 amide bonds. The summed E-state index contributed by atoms with van der Waals surface area (Å²) in [6.45, 7) is 1.20. The van der Waals surface area contributed by atoms with Gasteiger partial charge in [-0.15, -0.1) is 0 Å². The van der Waals surface area contributed by atoms with Crippen LogP contribution in [-0.2, 0) is 22.3 Å².